The van der Waals surface area contributed by atoms with Gasteiger partial charge in [0, 0.05) is 16.7 Å². The summed E-state index contributed by atoms with van der Waals surface area (Å²) in [7, 11) is 0. The third-order valence-corrected chi connectivity index (χ3v) is 4.91. The van der Waals surface area contributed by atoms with Crippen molar-refractivity contribution >= 4 is 28.7 Å². The molecule has 1 fully saturated rings. The second-order valence-electron chi connectivity index (χ2n) is 7.21. The second kappa shape index (κ2) is 10.7. The first-order chi connectivity index (χ1) is 19.8. The monoisotopic (exact) mass is 529 g/mol. The standard InChI is InChI=1S/C24H3N17/c1-10-33-13(7-27)35-20(34-10)11(5-25)16-17(12(6-26)21-36-14(8-28)38-23(31-3)40-21)18(16)19(30-2)22-37-15(9-29)39-24(32-4)41-22/h1H3. The predicted molar refractivity (Wildman–Crippen MR) is 129 cm³/mol. The summed E-state index contributed by atoms with van der Waals surface area (Å²) in [5.41, 5.74) is -1.26. The van der Waals surface area contributed by atoms with Crippen LogP contribution in [-0.4, -0.2) is 44.9 Å². The average molecular weight is 529 g/mol. The summed E-state index contributed by atoms with van der Waals surface area (Å²) in [6.07, 6.45) is 0. The van der Waals surface area contributed by atoms with Crippen LogP contribution in [0.15, 0.2) is 16.7 Å². The first-order valence-electron chi connectivity index (χ1n) is 10.5. The number of nitriles is 5. The Morgan fingerprint density at radius 1 is 0.561 bits per heavy atom. The number of aryl methyl sites for hydroxylation is 1. The maximum absolute atomic E-state index is 10.1. The highest BCUT2D eigenvalue weighted by Gasteiger charge is 2.44. The van der Waals surface area contributed by atoms with Crippen LogP contribution in [0.5, 0.6) is 0 Å². The lowest BCUT2D eigenvalue weighted by Crippen LogP contribution is -2.02. The van der Waals surface area contributed by atoms with E-state index in [1.54, 1.807) is 18.2 Å². The fourth-order valence-electron chi connectivity index (χ4n) is 3.37. The molecule has 17 heteroatoms. The Morgan fingerprint density at radius 3 is 1.44 bits per heavy atom. The SMILES string of the molecule is [C-]#[N+]C(=C1C(=C(C#N)c2nc(C)nc(C#N)n2)C1=C(C#N)c1nc(C#N)nc([N+]#[C-])n1)c1nc(C#N)nc([N+]#[C-])n1. The van der Waals surface area contributed by atoms with Gasteiger partial charge in [-0.1, -0.05) is 0 Å². The molecule has 184 valence electrons. The average Bonchev–Trinajstić information content (AvgIpc) is 3.70. The van der Waals surface area contributed by atoms with E-state index in [1.165, 1.54) is 6.92 Å². The molecular weight excluding hydrogens is 526 g/mol. The molecule has 3 heterocycles. The van der Waals surface area contributed by atoms with Crippen LogP contribution >= 0.6 is 0 Å². The number of hydrogen-bond donors (Lipinski definition) is 0. The summed E-state index contributed by atoms with van der Waals surface area (Å²) >= 11 is 0. The van der Waals surface area contributed by atoms with Gasteiger partial charge < -0.3 is 9.69 Å². The molecule has 4 rings (SSSR count). The van der Waals surface area contributed by atoms with E-state index in [0.29, 0.717) is 0 Å². The van der Waals surface area contributed by atoms with Crippen LogP contribution in [0.4, 0.5) is 11.9 Å². The third-order valence-electron chi connectivity index (χ3n) is 4.91. The van der Waals surface area contributed by atoms with E-state index >= 15 is 0 Å². The minimum absolute atomic E-state index is 0.0592. The van der Waals surface area contributed by atoms with E-state index in [4.69, 9.17) is 19.7 Å². The summed E-state index contributed by atoms with van der Waals surface area (Å²) in [4.78, 5) is 44.3. The van der Waals surface area contributed by atoms with Crippen molar-refractivity contribution in [1.82, 2.24) is 44.9 Å². The molecule has 0 unspecified atom stereocenters. The van der Waals surface area contributed by atoms with Crippen molar-refractivity contribution in [2.24, 2.45) is 0 Å². The highest BCUT2D eigenvalue weighted by molar-refractivity contribution is 6.09. The molecule has 41 heavy (non-hydrogen) atoms. The Bertz CT molecular complexity index is 1970. The van der Waals surface area contributed by atoms with Crippen LogP contribution in [0.1, 0.15) is 40.8 Å². The molecule has 0 aromatic carbocycles. The summed E-state index contributed by atoms with van der Waals surface area (Å²) < 4.78 is 0. The number of allylic oxidation sites excluding steroid dienone is 5. The topological polar surface area (TPSA) is 248 Å². The minimum Gasteiger partial charge on any atom is -0.394 e. The molecule has 0 N–H and O–H groups in total. The van der Waals surface area contributed by atoms with Gasteiger partial charge in [-0.2, -0.15) is 41.3 Å². The number of nitrogens with zero attached hydrogens (tertiary/aromatic N) is 17. The van der Waals surface area contributed by atoms with Crippen molar-refractivity contribution in [3.05, 3.63) is 91.7 Å². The zero-order valence-corrected chi connectivity index (χ0v) is 20.1. The molecule has 1 aliphatic carbocycles. The Morgan fingerprint density at radius 2 is 1.00 bits per heavy atom. The van der Waals surface area contributed by atoms with Gasteiger partial charge in [-0.15, -0.1) is 33.1 Å². The van der Waals surface area contributed by atoms with E-state index in [1.807, 2.05) is 12.1 Å². The highest BCUT2D eigenvalue weighted by Crippen LogP contribution is 2.55. The first kappa shape index (κ1) is 26.2. The smallest absolute Gasteiger partial charge is 0.376 e. The lowest BCUT2D eigenvalue weighted by atomic mass is 10.2. The summed E-state index contributed by atoms with van der Waals surface area (Å²) in [6, 6.07) is 8.83. The molecule has 3 aromatic heterocycles. The lowest BCUT2D eigenvalue weighted by Gasteiger charge is -1.99. The number of hydrogen-bond acceptors (Lipinski definition) is 14. The quantitative estimate of drug-likeness (QED) is 0.347. The molecule has 0 radical (unpaired) electrons. The van der Waals surface area contributed by atoms with Gasteiger partial charge in [-0.25, -0.2) is 14.8 Å². The van der Waals surface area contributed by atoms with Crippen molar-refractivity contribution in [2.75, 3.05) is 0 Å². The van der Waals surface area contributed by atoms with E-state index in [9.17, 15) is 26.3 Å². The van der Waals surface area contributed by atoms with E-state index in [0.717, 1.165) is 0 Å². The third kappa shape index (κ3) is 4.79. The normalized spacial score (nSPS) is 14.7. The van der Waals surface area contributed by atoms with Crippen molar-refractivity contribution < 1.29 is 0 Å². The van der Waals surface area contributed by atoms with E-state index < -0.39 is 35.2 Å². The number of rotatable bonds is 3. The number of aromatic nitrogens is 9. The second-order valence-corrected chi connectivity index (χ2v) is 7.21. The molecule has 17 nitrogen and oxygen atoms in total. The van der Waals surface area contributed by atoms with E-state index in [-0.39, 0.29) is 51.0 Å². The van der Waals surface area contributed by atoms with Crippen molar-refractivity contribution in [3.8, 4) is 30.3 Å². The fourth-order valence-corrected chi connectivity index (χ4v) is 3.37. The largest absolute Gasteiger partial charge is 0.394 e. The van der Waals surface area contributed by atoms with Crippen molar-refractivity contribution in [2.45, 2.75) is 6.92 Å². The van der Waals surface area contributed by atoms with Crippen LogP contribution in [0.3, 0.4) is 0 Å². The zero-order valence-electron chi connectivity index (χ0n) is 20.1. The van der Waals surface area contributed by atoms with Gasteiger partial charge >= 0.3 is 11.9 Å². The molecule has 0 spiro atoms. The maximum Gasteiger partial charge on any atom is 0.376 e. The van der Waals surface area contributed by atoms with Gasteiger partial charge in [0.15, 0.2) is 18.0 Å². The fraction of sp³-hybridized carbons (Fsp3) is 0.0417. The van der Waals surface area contributed by atoms with Crippen molar-refractivity contribution in [3.63, 3.8) is 0 Å². The highest BCUT2D eigenvalue weighted by atomic mass is 15.1. The van der Waals surface area contributed by atoms with Gasteiger partial charge in [-0.05, 0) is 6.92 Å². The molecule has 1 aliphatic rings. The molecule has 0 amide bonds. The first-order valence-corrected chi connectivity index (χ1v) is 10.5. The van der Waals surface area contributed by atoms with Crippen LogP contribution in [-0.2, 0) is 0 Å². The summed E-state index contributed by atoms with van der Waals surface area (Å²) in [6.45, 7) is 23.7. The van der Waals surface area contributed by atoms with Gasteiger partial charge in [0.05, 0.1) is 6.57 Å². The van der Waals surface area contributed by atoms with Crippen molar-refractivity contribution in [1.29, 1.82) is 26.3 Å². The molecule has 0 aliphatic heterocycles. The zero-order chi connectivity index (χ0) is 29.7. The minimum atomic E-state index is -0.493. The van der Waals surface area contributed by atoms with Gasteiger partial charge in [0.2, 0.25) is 17.5 Å². The van der Waals surface area contributed by atoms with Gasteiger partial charge in [0.25, 0.3) is 17.3 Å². The predicted octanol–water partition coefficient (Wildman–Crippen LogP) is 1.87. The lowest BCUT2D eigenvalue weighted by molar-refractivity contribution is 0.932. The molecular formula is C24H3N17. The maximum atomic E-state index is 10.1. The molecule has 0 saturated heterocycles. The Kier molecular flexibility index (Phi) is 6.82. The Hall–Kier alpha value is -7.83. The van der Waals surface area contributed by atoms with Crippen LogP contribution in [0.2, 0.25) is 0 Å². The van der Waals surface area contributed by atoms with Gasteiger partial charge in [-0.3, -0.25) is 0 Å². The molecule has 0 atom stereocenters. The Balaban J connectivity index is 2.19. The molecule has 3 aromatic rings. The van der Waals surface area contributed by atoms with Crippen LogP contribution in [0.25, 0.3) is 31.4 Å². The summed E-state index contributed by atoms with van der Waals surface area (Å²) in [5, 5.41) is 48.1. The molecule has 0 bridgehead atoms. The Labute approximate surface area is 229 Å². The van der Waals surface area contributed by atoms with Crippen LogP contribution < -0.4 is 0 Å². The van der Waals surface area contributed by atoms with Crippen LogP contribution in [0, 0.1) is 83.3 Å². The van der Waals surface area contributed by atoms with Gasteiger partial charge in [0.1, 0.15) is 35.2 Å². The molecule has 1 saturated carbocycles. The van der Waals surface area contributed by atoms with E-state index in [2.05, 4.69) is 59.4 Å². The summed E-state index contributed by atoms with van der Waals surface area (Å²) in [5.74, 6) is -3.21.